The first-order chi connectivity index (χ1) is 14.0. The van der Waals surface area contributed by atoms with Crippen LogP contribution in [0.15, 0.2) is 48.8 Å². The van der Waals surface area contributed by atoms with Crippen molar-refractivity contribution in [2.45, 2.75) is 39.3 Å². The molecule has 29 heavy (non-hydrogen) atoms. The Morgan fingerprint density at radius 1 is 1.10 bits per heavy atom. The van der Waals surface area contributed by atoms with E-state index in [1.54, 1.807) is 6.20 Å². The molecule has 7 nitrogen and oxygen atoms in total. The zero-order valence-corrected chi connectivity index (χ0v) is 17.1. The molecule has 1 heterocycles. The maximum atomic E-state index is 12.7. The summed E-state index contributed by atoms with van der Waals surface area (Å²) >= 11 is 0. The maximum Gasteiger partial charge on any atom is 0.330 e. The average molecular weight is 396 g/mol. The lowest BCUT2D eigenvalue weighted by Gasteiger charge is -2.20. The molecule has 1 aromatic carbocycles. The molecule has 0 unspecified atom stereocenters. The van der Waals surface area contributed by atoms with Crippen molar-refractivity contribution in [2.75, 3.05) is 12.4 Å². The first-order valence-corrected chi connectivity index (χ1v) is 9.64. The Hall–Kier alpha value is -3.22. The molecule has 1 aromatic heterocycles. The van der Waals surface area contributed by atoms with Gasteiger partial charge in [-0.25, -0.2) is 9.78 Å². The van der Waals surface area contributed by atoms with Gasteiger partial charge in [-0.1, -0.05) is 44.2 Å². The van der Waals surface area contributed by atoms with E-state index < -0.39 is 12.0 Å². The minimum atomic E-state index is -0.460. The van der Waals surface area contributed by atoms with E-state index in [-0.39, 0.29) is 5.91 Å². The molecule has 0 radical (unpaired) electrons. The molecule has 0 aliphatic carbocycles. The standard InChI is InChI=1S/C22H28N4O3/c1-16(2)9-11-19(22(28)25-13-17-7-5-4-6-8-17)26-20-15-23-18(14-24-20)10-12-21(27)29-3/h4-8,10,12,14-16,19H,9,11,13H2,1-3H3,(H,24,26)(H,25,28)/b12-10+/t19-/m1/s1. The van der Waals surface area contributed by atoms with Gasteiger partial charge in [0.1, 0.15) is 11.9 Å². The van der Waals surface area contributed by atoms with Crippen LogP contribution in [0.4, 0.5) is 5.82 Å². The number of amides is 1. The Morgan fingerprint density at radius 2 is 1.86 bits per heavy atom. The normalized spacial score (nSPS) is 12.0. The smallest absolute Gasteiger partial charge is 0.330 e. The van der Waals surface area contributed by atoms with Gasteiger partial charge in [-0.3, -0.25) is 9.78 Å². The van der Waals surface area contributed by atoms with E-state index in [4.69, 9.17) is 0 Å². The molecule has 0 aliphatic rings. The van der Waals surface area contributed by atoms with Crippen LogP contribution in [0, 0.1) is 5.92 Å². The second kappa shape index (κ2) is 11.6. The van der Waals surface area contributed by atoms with E-state index in [0.717, 1.165) is 12.0 Å². The summed E-state index contributed by atoms with van der Waals surface area (Å²) in [5.74, 6) is 0.450. The molecule has 2 aromatic rings. The Kier molecular flexibility index (Phi) is 8.82. The van der Waals surface area contributed by atoms with Gasteiger partial charge in [-0.05, 0) is 30.4 Å². The summed E-state index contributed by atoms with van der Waals surface area (Å²) in [6.07, 6.45) is 7.46. The summed E-state index contributed by atoms with van der Waals surface area (Å²) in [5, 5.41) is 6.15. The van der Waals surface area contributed by atoms with Crippen molar-refractivity contribution in [1.29, 1.82) is 0 Å². The van der Waals surface area contributed by atoms with Gasteiger partial charge < -0.3 is 15.4 Å². The van der Waals surface area contributed by atoms with Gasteiger partial charge in [-0.2, -0.15) is 0 Å². The molecule has 0 spiro atoms. The molecule has 2 N–H and O–H groups in total. The number of anilines is 1. The highest BCUT2D eigenvalue weighted by atomic mass is 16.5. The number of hydrogen-bond donors (Lipinski definition) is 2. The van der Waals surface area contributed by atoms with Crippen LogP contribution in [-0.2, 0) is 20.9 Å². The lowest BCUT2D eigenvalue weighted by molar-refractivity contribution is -0.134. The van der Waals surface area contributed by atoms with Crippen LogP contribution in [0.1, 0.15) is 37.9 Å². The van der Waals surface area contributed by atoms with Crippen LogP contribution in [-0.4, -0.2) is 35.0 Å². The second-order valence-corrected chi connectivity index (χ2v) is 7.05. The molecule has 0 bridgehead atoms. The summed E-state index contributed by atoms with van der Waals surface area (Å²) in [7, 11) is 1.31. The van der Waals surface area contributed by atoms with Crippen LogP contribution in [0.25, 0.3) is 6.08 Å². The van der Waals surface area contributed by atoms with Gasteiger partial charge in [0.2, 0.25) is 5.91 Å². The number of benzene rings is 1. The quantitative estimate of drug-likeness (QED) is 0.473. The third-order valence-corrected chi connectivity index (χ3v) is 4.24. The summed E-state index contributed by atoms with van der Waals surface area (Å²) in [5.41, 5.74) is 1.57. The van der Waals surface area contributed by atoms with E-state index in [2.05, 4.69) is 39.2 Å². The van der Waals surface area contributed by atoms with Gasteiger partial charge in [0.25, 0.3) is 0 Å². The molecule has 154 valence electrons. The Labute approximate surface area is 171 Å². The summed E-state index contributed by atoms with van der Waals surface area (Å²) in [6, 6.07) is 9.38. The van der Waals surface area contributed by atoms with E-state index in [9.17, 15) is 9.59 Å². The van der Waals surface area contributed by atoms with Gasteiger partial charge >= 0.3 is 5.97 Å². The van der Waals surface area contributed by atoms with Crippen molar-refractivity contribution in [3.8, 4) is 0 Å². The number of ether oxygens (including phenoxy) is 1. The van der Waals surface area contributed by atoms with Gasteiger partial charge in [0.05, 0.1) is 25.2 Å². The fourth-order valence-electron chi connectivity index (χ4n) is 2.58. The Morgan fingerprint density at radius 3 is 2.48 bits per heavy atom. The minimum absolute atomic E-state index is 0.0778. The number of hydrogen-bond acceptors (Lipinski definition) is 6. The number of esters is 1. The summed E-state index contributed by atoms with van der Waals surface area (Å²) in [4.78, 5) is 32.4. The highest BCUT2D eigenvalue weighted by molar-refractivity contribution is 5.86. The van der Waals surface area contributed by atoms with Gasteiger partial charge in [0.15, 0.2) is 0 Å². The Bertz CT molecular complexity index is 805. The molecule has 0 aliphatic heterocycles. The molecule has 1 atom stereocenters. The zero-order chi connectivity index (χ0) is 21.1. The predicted octanol–water partition coefficient (Wildman–Crippen LogP) is 3.20. The molecule has 2 rings (SSSR count). The van der Waals surface area contributed by atoms with Crippen molar-refractivity contribution < 1.29 is 14.3 Å². The van der Waals surface area contributed by atoms with E-state index in [0.29, 0.717) is 30.4 Å². The van der Waals surface area contributed by atoms with Crippen molar-refractivity contribution in [3.05, 3.63) is 60.1 Å². The van der Waals surface area contributed by atoms with Crippen molar-refractivity contribution in [1.82, 2.24) is 15.3 Å². The molecule has 1 amide bonds. The lowest BCUT2D eigenvalue weighted by atomic mass is 10.0. The lowest BCUT2D eigenvalue weighted by Crippen LogP contribution is -2.39. The number of nitrogens with zero attached hydrogens (tertiary/aromatic N) is 2. The van der Waals surface area contributed by atoms with Crippen molar-refractivity contribution >= 4 is 23.8 Å². The van der Waals surface area contributed by atoms with Crippen molar-refractivity contribution in [3.63, 3.8) is 0 Å². The minimum Gasteiger partial charge on any atom is -0.466 e. The number of carbonyl (C=O) groups excluding carboxylic acids is 2. The van der Waals surface area contributed by atoms with Crippen molar-refractivity contribution in [2.24, 2.45) is 5.92 Å². The van der Waals surface area contributed by atoms with Crippen LogP contribution in [0.5, 0.6) is 0 Å². The van der Waals surface area contributed by atoms with Crippen LogP contribution in [0.2, 0.25) is 0 Å². The molecule has 0 fully saturated rings. The third kappa shape index (κ3) is 8.13. The van der Waals surface area contributed by atoms with E-state index in [1.165, 1.54) is 25.5 Å². The van der Waals surface area contributed by atoms with E-state index in [1.807, 2.05) is 30.3 Å². The van der Waals surface area contributed by atoms with Crippen LogP contribution < -0.4 is 10.6 Å². The monoisotopic (exact) mass is 396 g/mol. The average Bonchev–Trinajstić information content (AvgIpc) is 2.74. The maximum absolute atomic E-state index is 12.7. The summed E-state index contributed by atoms with van der Waals surface area (Å²) in [6.45, 7) is 4.73. The predicted molar refractivity (Wildman–Crippen MR) is 113 cm³/mol. The number of nitrogens with one attached hydrogen (secondary N) is 2. The largest absolute Gasteiger partial charge is 0.466 e. The first-order valence-electron chi connectivity index (χ1n) is 9.64. The topological polar surface area (TPSA) is 93.2 Å². The van der Waals surface area contributed by atoms with Crippen LogP contribution >= 0.6 is 0 Å². The number of aromatic nitrogens is 2. The van der Waals surface area contributed by atoms with Gasteiger partial charge in [-0.15, -0.1) is 0 Å². The number of rotatable bonds is 10. The molecular formula is C22H28N4O3. The Balaban J connectivity index is 2.00. The van der Waals surface area contributed by atoms with Gasteiger partial charge in [0, 0.05) is 12.6 Å². The van der Waals surface area contributed by atoms with Crippen LogP contribution in [0.3, 0.4) is 0 Å². The number of methoxy groups -OCH3 is 1. The SMILES string of the molecule is COC(=O)/C=C/c1cnc(N[C@H](CCC(C)C)C(=O)NCc2ccccc2)cn1. The zero-order valence-electron chi connectivity index (χ0n) is 17.1. The highest BCUT2D eigenvalue weighted by Crippen LogP contribution is 2.12. The fraction of sp³-hybridized carbons (Fsp3) is 0.364. The second-order valence-electron chi connectivity index (χ2n) is 7.05. The molecule has 0 saturated heterocycles. The molecular weight excluding hydrogens is 368 g/mol. The van der Waals surface area contributed by atoms with E-state index >= 15 is 0 Å². The summed E-state index contributed by atoms with van der Waals surface area (Å²) < 4.78 is 4.54. The third-order valence-electron chi connectivity index (χ3n) is 4.24. The number of carbonyl (C=O) groups is 2. The molecule has 7 heteroatoms. The first kappa shape index (κ1) is 22.1. The highest BCUT2D eigenvalue weighted by Gasteiger charge is 2.19. The molecule has 0 saturated carbocycles. The fourth-order valence-corrected chi connectivity index (χ4v) is 2.58.